The molecule has 33 heavy (non-hydrogen) atoms. The molecule has 0 spiro atoms. The first-order chi connectivity index (χ1) is 15.9. The van der Waals surface area contributed by atoms with E-state index in [9.17, 15) is 4.79 Å². The molecule has 0 N–H and O–H groups in total. The lowest BCUT2D eigenvalue weighted by atomic mass is 10.2. The molecule has 0 aliphatic carbocycles. The molecule has 0 saturated carbocycles. The maximum atomic E-state index is 13.4. The third kappa shape index (κ3) is 7.49. The van der Waals surface area contributed by atoms with Crippen LogP contribution < -0.4 is 29.0 Å². The standard InChI is InChI=1S/C24H33O8P/c1-8-29-15(3)31-17-10-11-22(19(12-17)32-16(4)30-9-2)33-24(25)23-20(27-6)13-18(26-5)14-21(23)28-7/h10-16,33H,8-9H2,1-7H3. The maximum Gasteiger partial charge on any atom is 0.196 e. The first kappa shape index (κ1) is 26.7. The van der Waals surface area contributed by atoms with Crippen LogP contribution in [0.4, 0.5) is 0 Å². The second-order valence-electron chi connectivity index (χ2n) is 6.80. The first-order valence-corrected chi connectivity index (χ1v) is 11.7. The van der Waals surface area contributed by atoms with Crippen LogP contribution in [0, 0.1) is 0 Å². The van der Waals surface area contributed by atoms with E-state index in [1.165, 1.54) is 21.3 Å². The molecule has 9 heteroatoms. The van der Waals surface area contributed by atoms with Crippen LogP contribution in [0.25, 0.3) is 0 Å². The fourth-order valence-electron chi connectivity index (χ4n) is 3.10. The van der Waals surface area contributed by atoms with Gasteiger partial charge in [-0.2, -0.15) is 0 Å². The molecule has 0 radical (unpaired) electrons. The summed E-state index contributed by atoms with van der Waals surface area (Å²) in [6.45, 7) is 8.42. The van der Waals surface area contributed by atoms with Crippen molar-refractivity contribution in [3.8, 4) is 28.7 Å². The number of ether oxygens (including phenoxy) is 7. The fourth-order valence-corrected chi connectivity index (χ4v) is 4.14. The van der Waals surface area contributed by atoms with Crippen LogP contribution in [0.2, 0.25) is 0 Å². The molecule has 182 valence electrons. The molecule has 3 atom stereocenters. The van der Waals surface area contributed by atoms with Gasteiger partial charge in [0.05, 0.1) is 21.3 Å². The fraction of sp³-hybridized carbons (Fsp3) is 0.458. The molecule has 0 fully saturated rings. The van der Waals surface area contributed by atoms with E-state index in [1.807, 2.05) is 20.8 Å². The van der Waals surface area contributed by atoms with Gasteiger partial charge >= 0.3 is 0 Å². The number of hydrogen-bond acceptors (Lipinski definition) is 8. The Balaban J connectivity index is 2.39. The van der Waals surface area contributed by atoms with Gasteiger partial charge in [0.15, 0.2) is 18.1 Å². The molecule has 2 rings (SSSR count). The van der Waals surface area contributed by atoms with E-state index in [0.717, 1.165) is 0 Å². The molecule has 0 aliphatic heterocycles. The van der Waals surface area contributed by atoms with E-state index < -0.39 is 12.6 Å². The van der Waals surface area contributed by atoms with Crippen LogP contribution in [0.3, 0.4) is 0 Å². The van der Waals surface area contributed by atoms with Crippen LogP contribution in [0.1, 0.15) is 38.1 Å². The summed E-state index contributed by atoms with van der Waals surface area (Å²) in [6.07, 6.45) is -0.923. The van der Waals surface area contributed by atoms with Gasteiger partial charge in [-0.15, -0.1) is 0 Å². The zero-order valence-corrected chi connectivity index (χ0v) is 21.2. The van der Waals surface area contributed by atoms with Gasteiger partial charge < -0.3 is 33.2 Å². The Morgan fingerprint density at radius 3 is 1.85 bits per heavy atom. The number of hydrogen-bond donors (Lipinski definition) is 0. The van der Waals surface area contributed by atoms with E-state index in [1.54, 1.807) is 37.3 Å². The van der Waals surface area contributed by atoms with E-state index in [2.05, 4.69) is 0 Å². The molecule has 0 saturated heterocycles. The maximum absolute atomic E-state index is 13.4. The minimum Gasteiger partial charge on any atom is -0.496 e. The summed E-state index contributed by atoms with van der Waals surface area (Å²) in [6, 6.07) is 8.64. The summed E-state index contributed by atoms with van der Waals surface area (Å²) in [5, 5.41) is 0.697. The lowest BCUT2D eigenvalue weighted by Crippen LogP contribution is -2.20. The Bertz CT molecular complexity index is 892. The molecule has 0 aliphatic rings. The molecular weight excluding hydrogens is 447 g/mol. The average molecular weight is 480 g/mol. The molecule has 0 aromatic heterocycles. The highest BCUT2D eigenvalue weighted by Gasteiger charge is 2.23. The van der Waals surface area contributed by atoms with Crippen LogP contribution in [-0.4, -0.2) is 52.6 Å². The summed E-state index contributed by atoms with van der Waals surface area (Å²) < 4.78 is 38.9. The van der Waals surface area contributed by atoms with E-state index in [-0.39, 0.29) is 14.1 Å². The number of benzene rings is 2. The van der Waals surface area contributed by atoms with Crippen molar-refractivity contribution in [1.29, 1.82) is 0 Å². The Kier molecular flexibility index (Phi) is 10.7. The molecule has 0 bridgehead atoms. The molecule has 0 amide bonds. The highest BCUT2D eigenvalue weighted by molar-refractivity contribution is 7.66. The second-order valence-corrected chi connectivity index (χ2v) is 8.04. The highest BCUT2D eigenvalue weighted by Crippen LogP contribution is 2.39. The zero-order valence-electron chi connectivity index (χ0n) is 20.2. The van der Waals surface area contributed by atoms with Crippen molar-refractivity contribution in [1.82, 2.24) is 0 Å². The molecule has 3 unspecified atom stereocenters. The van der Waals surface area contributed by atoms with Crippen molar-refractivity contribution in [3.05, 3.63) is 35.9 Å². The van der Waals surface area contributed by atoms with Gasteiger partial charge in [0.1, 0.15) is 34.3 Å². The van der Waals surface area contributed by atoms with Crippen LogP contribution in [0.5, 0.6) is 28.7 Å². The van der Waals surface area contributed by atoms with Crippen molar-refractivity contribution in [3.63, 3.8) is 0 Å². The summed E-state index contributed by atoms with van der Waals surface area (Å²) in [7, 11) is 4.27. The number of rotatable bonds is 14. The summed E-state index contributed by atoms with van der Waals surface area (Å²) >= 11 is 0. The minimum absolute atomic E-state index is 0.170. The van der Waals surface area contributed by atoms with Gasteiger partial charge in [0, 0.05) is 36.7 Å². The number of methoxy groups -OCH3 is 3. The van der Waals surface area contributed by atoms with Crippen molar-refractivity contribution >= 4 is 19.4 Å². The molecule has 2 aromatic rings. The molecule has 0 heterocycles. The smallest absolute Gasteiger partial charge is 0.196 e. The van der Waals surface area contributed by atoms with Crippen molar-refractivity contribution in [2.24, 2.45) is 0 Å². The Hall–Kier alpha value is -2.54. The van der Waals surface area contributed by atoms with E-state index in [0.29, 0.717) is 52.8 Å². The Morgan fingerprint density at radius 1 is 0.788 bits per heavy atom. The van der Waals surface area contributed by atoms with Crippen molar-refractivity contribution in [2.45, 2.75) is 40.3 Å². The van der Waals surface area contributed by atoms with Crippen molar-refractivity contribution < 1.29 is 38.0 Å². The normalized spacial score (nSPS) is 12.9. The van der Waals surface area contributed by atoms with Crippen LogP contribution in [0.15, 0.2) is 30.3 Å². The number of carbonyl (C=O) groups is 1. The lowest BCUT2D eigenvalue weighted by molar-refractivity contribution is -0.0646. The Labute approximate surface area is 197 Å². The van der Waals surface area contributed by atoms with Gasteiger partial charge in [0.25, 0.3) is 0 Å². The van der Waals surface area contributed by atoms with E-state index >= 15 is 0 Å². The zero-order chi connectivity index (χ0) is 24.4. The van der Waals surface area contributed by atoms with Gasteiger partial charge in [-0.25, -0.2) is 0 Å². The summed E-state index contributed by atoms with van der Waals surface area (Å²) in [5.74, 6) is 2.34. The largest absolute Gasteiger partial charge is 0.496 e. The summed E-state index contributed by atoms with van der Waals surface area (Å²) in [5.41, 5.74) is 0.171. The number of carbonyl (C=O) groups excluding carboxylic acids is 1. The molecular formula is C24H33O8P. The average Bonchev–Trinajstić information content (AvgIpc) is 2.79. The Morgan fingerprint density at radius 2 is 1.33 bits per heavy atom. The minimum atomic E-state index is -0.502. The predicted octanol–water partition coefficient (Wildman–Crippen LogP) is 4.38. The van der Waals surface area contributed by atoms with Gasteiger partial charge in [0.2, 0.25) is 0 Å². The second kappa shape index (κ2) is 13.2. The van der Waals surface area contributed by atoms with Gasteiger partial charge in [-0.3, -0.25) is 4.79 Å². The van der Waals surface area contributed by atoms with Crippen LogP contribution >= 0.6 is 8.58 Å². The van der Waals surface area contributed by atoms with Gasteiger partial charge in [-0.1, -0.05) is 0 Å². The monoisotopic (exact) mass is 480 g/mol. The van der Waals surface area contributed by atoms with Crippen molar-refractivity contribution in [2.75, 3.05) is 34.5 Å². The highest BCUT2D eigenvalue weighted by atomic mass is 31.1. The lowest BCUT2D eigenvalue weighted by Gasteiger charge is -2.20. The third-order valence-corrected chi connectivity index (χ3v) is 5.70. The third-order valence-electron chi connectivity index (χ3n) is 4.54. The first-order valence-electron chi connectivity index (χ1n) is 10.7. The predicted molar refractivity (Wildman–Crippen MR) is 128 cm³/mol. The summed E-state index contributed by atoms with van der Waals surface area (Å²) in [4.78, 5) is 13.4. The SMILES string of the molecule is CCOC(C)Oc1ccc(PC(=O)c2c(OC)cc(OC)cc2OC)c(OC(C)OCC)c1. The topological polar surface area (TPSA) is 81.7 Å². The quantitative estimate of drug-likeness (QED) is 0.291. The molecule has 2 aromatic carbocycles. The molecule has 8 nitrogen and oxygen atoms in total. The van der Waals surface area contributed by atoms with E-state index in [4.69, 9.17) is 33.2 Å². The van der Waals surface area contributed by atoms with Gasteiger partial charge in [-0.05, 0) is 48.4 Å². The van der Waals surface area contributed by atoms with Crippen LogP contribution in [-0.2, 0) is 9.47 Å².